The smallest absolute Gasteiger partial charge is 0.411 e. The third kappa shape index (κ3) is 5.19. The highest BCUT2D eigenvalue weighted by molar-refractivity contribution is 6.35. The van der Waals surface area contributed by atoms with Gasteiger partial charge in [0.05, 0.1) is 6.61 Å². The molecule has 3 rings (SSSR count). The number of anilines is 1. The number of benzene rings is 2. The van der Waals surface area contributed by atoms with Gasteiger partial charge in [0.1, 0.15) is 0 Å². The molecule has 150 valence electrons. The Morgan fingerprint density at radius 1 is 1.25 bits per heavy atom. The van der Waals surface area contributed by atoms with Gasteiger partial charge in [0.15, 0.2) is 0 Å². The van der Waals surface area contributed by atoms with Crippen LogP contribution in [0, 0.1) is 5.41 Å². The topological polar surface area (TPSA) is 41.6 Å². The molecule has 1 heterocycles. The minimum atomic E-state index is -0.445. The van der Waals surface area contributed by atoms with Crippen LogP contribution in [0.5, 0.6) is 0 Å². The van der Waals surface area contributed by atoms with Crippen LogP contribution in [0.15, 0.2) is 36.4 Å². The minimum absolute atomic E-state index is 0.0753. The van der Waals surface area contributed by atoms with Crippen LogP contribution in [0.3, 0.4) is 0 Å². The number of carbonyl (C=O) groups excluding carboxylic acids is 1. The number of fused-ring (bicyclic) bond motifs is 1. The lowest BCUT2D eigenvalue weighted by atomic mass is 9.84. The molecule has 0 aromatic heterocycles. The summed E-state index contributed by atoms with van der Waals surface area (Å²) < 4.78 is 5.31. The van der Waals surface area contributed by atoms with Gasteiger partial charge in [-0.2, -0.15) is 0 Å². The van der Waals surface area contributed by atoms with Crippen molar-refractivity contribution >= 4 is 35.0 Å². The molecule has 0 saturated carbocycles. The molecular weight excluding hydrogens is 395 g/mol. The number of likely N-dealkylation sites (N-methyl/N-ethyl adjacent to an activating group) is 1. The van der Waals surface area contributed by atoms with E-state index in [1.165, 1.54) is 0 Å². The second-order valence-corrected chi connectivity index (χ2v) is 9.44. The van der Waals surface area contributed by atoms with Crippen LogP contribution < -0.4 is 5.32 Å². The number of rotatable bonds is 3. The molecule has 4 nitrogen and oxygen atoms in total. The third-order valence-corrected chi connectivity index (χ3v) is 5.22. The minimum Gasteiger partial charge on any atom is -0.449 e. The zero-order valence-electron chi connectivity index (χ0n) is 16.7. The average molecular weight is 421 g/mol. The summed E-state index contributed by atoms with van der Waals surface area (Å²) in [5.41, 5.74) is 3.98. The van der Waals surface area contributed by atoms with Crippen molar-refractivity contribution in [3.8, 4) is 0 Å². The molecule has 0 aliphatic carbocycles. The van der Waals surface area contributed by atoms with Crippen LogP contribution in [-0.4, -0.2) is 31.2 Å². The van der Waals surface area contributed by atoms with Gasteiger partial charge in [-0.25, -0.2) is 4.79 Å². The van der Waals surface area contributed by atoms with Crippen LogP contribution in [0.1, 0.15) is 43.4 Å². The van der Waals surface area contributed by atoms with E-state index in [1.807, 2.05) is 45.0 Å². The Bertz CT molecular complexity index is 877. The zero-order valence-corrected chi connectivity index (χ0v) is 18.2. The van der Waals surface area contributed by atoms with Crippen molar-refractivity contribution in [2.45, 2.75) is 33.2 Å². The number of nitrogens with zero attached hydrogens (tertiary/aromatic N) is 1. The molecule has 1 N–H and O–H groups in total. The maximum absolute atomic E-state index is 12.1. The molecule has 1 amide bonds. The van der Waals surface area contributed by atoms with E-state index in [1.54, 1.807) is 6.07 Å². The van der Waals surface area contributed by atoms with E-state index < -0.39 is 6.09 Å². The number of hydrogen-bond acceptors (Lipinski definition) is 3. The molecule has 1 aliphatic rings. The lowest BCUT2D eigenvalue weighted by molar-refractivity contribution is 0.118. The summed E-state index contributed by atoms with van der Waals surface area (Å²) in [6.45, 7) is 8.06. The molecule has 1 aliphatic heterocycles. The maximum atomic E-state index is 12.1. The predicted octanol–water partition coefficient (Wildman–Crippen LogP) is 6.17. The van der Waals surface area contributed by atoms with Crippen molar-refractivity contribution in [2.24, 2.45) is 5.41 Å². The molecule has 0 bridgehead atoms. The summed E-state index contributed by atoms with van der Waals surface area (Å²) in [5.74, 6) is 0.122. The number of carbonyl (C=O) groups is 1. The Labute approximate surface area is 176 Å². The second-order valence-electron chi connectivity index (χ2n) is 8.59. The average Bonchev–Trinajstić information content (AvgIpc) is 2.60. The molecule has 1 atom stereocenters. The van der Waals surface area contributed by atoms with Gasteiger partial charge in [-0.3, -0.25) is 5.32 Å². The fraction of sp³-hybridized carbons (Fsp3) is 0.409. The summed E-state index contributed by atoms with van der Waals surface area (Å²) in [6, 6.07) is 11.6. The fourth-order valence-corrected chi connectivity index (χ4v) is 3.97. The van der Waals surface area contributed by atoms with Crippen LogP contribution in [0.25, 0.3) is 0 Å². The molecule has 2 aromatic rings. The van der Waals surface area contributed by atoms with Crippen LogP contribution in [-0.2, 0) is 11.3 Å². The van der Waals surface area contributed by atoms with Crippen molar-refractivity contribution in [3.63, 3.8) is 0 Å². The molecule has 0 fully saturated rings. The number of hydrogen-bond donors (Lipinski definition) is 1. The standard InChI is InChI=1S/C22H26Cl2N2O2/c1-22(2,3)13-28-21(27)25-16-7-5-6-14(8-16)18-11-26(4)12-19-17(18)9-15(23)10-20(19)24/h5-10,18H,11-13H2,1-4H3,(H,25,27). The van der Waals surface area contributed by atoms with Crippen LogP contribution in [0.4, 0.5) is 10.5 Å². The van der Waals surface area contributed by atoms with Gasteiger partial charge in [-0.15, -0.1) is 0 Å². The van der Waals surface area contributed by atoms with E-state index in [-0.39, 0.29) is 11.3 Å². The van der Waals surface area contributed by atoms with E-state index in [9.17, 15) is 4.79 Å². The molecular formula is C22H26Cl2N2O2. The number of nitrogens with one attached hydrogen (secondary N) is 1. The van der Waals surface area contributed by atoms with Crippen LogP contribution >= 0.6 is 23.2 Å². The Morgan fingerprint density at radius 3 is 2.71 bits per heavy atom. The Kier molecular flexibility index (Phi) is 6.23. The lowest BCUT2D eigenvalue weighted by Crippen LogP contribution is -2.31. The summed E-state index contributed by atoms with van der Waals surface area (Å²) >= 11 is 12.7. The van der Waals surface area contributed by atoms with E-state index in [2.05, 4.69) is 23.3 Å². The Balaban J connectivity index is 1.84. The molecule has 0 saturated heterocycles. The predicted molar refractivity (Wildman–Crippen MR) is 116 cm³/mol. The lowest BCUT2D eigenvalue weighted by Gasteiger charge is -2.33. The van der Waals surface area contributed by atoms with Gasteiger partial charge >= 0.3 is 6.09 Å². The molecule has 0 spiro atoms. The Morgan fingerprint density at radius 2 is 2.00 bits per heavy atom. The summed E-state index contributed by atoms with van der Waals surface area (Å²) in [6.07, 6.45) is -0.445. The quantitative estimate of drug-likeness (QED) is 0.645. The maximum Gasteiger partial charge on any atom is 0.411 e. The fourth-order valence-electron chi connectivity index (χ4n) is 3.40. The SMILES string of the molecule is CN1Cc2c(Cl)cc(Cl)cc2C(c2cccc(NC(=O)OCC(C)(C)C)c2)C1. The van der Waals surface area contributed by atoms with Gasteiger partial charge in [0, 0.05) is 34.7 Å². The first kappa shape index (κ1) is 21.0. The van der Waals surface area contributed by atoms with Crippen molar-refractivity contribution in [1.29, 1.82) is 0 Å². The first-order valence-corrected chi connectivity index (χ1v) is 10.1. The molecule has 28 heavy (non-hydrogen) atoms. The molecule has 2 aromatic carbocycles. The highest BCUT2D eigenvalue weighted by Gasteiger charge is 2.27. The van der Waals surface area contributed by atoms with Gasteiger partial charge in [0.25, 0.3) is 0 Å². The number of amides is 1. The summed E-state index contributed by atoms with van der Waals surface area (Å²) in [4.78, 5) is 14.4. The highest BCUT2D eigenvalue weighted by Crippen LogP contribution is 2.38. The second kappa shape index (κ2) is 8.32. The van der Waals surface area contributed by atoms with E-state index >= 15 is 0 Å². The normalized spacial score (nSPS) is 17.1. The van der Waals surface area contributed by atoms with Crippen molar-refractivity contribution in [1.82, 2.24) is 4.90 Å². The molecule has 6 heteroatoms. The molecule has 0 radical (unpaired) electrons. The highest BCUT2D eigenvalue weighted by atomic mass is 35.5. The van der Waals surface area contributed by atoms with Gasteiger partial charge in [-0.05, 0) is 53.4 Å². The molecule has 1 unspecified atom stereocenters. The van der Waals surface area contributed by atoms with E-state index in [0.717, 1.165) is 29.8 Å². The monoisotopic (exact) mass is 420 g/mol. The van der Waals surface area contributed by atoms with Crippen LogP contribution in [0.2, 0.25) is 10.0 Å². The van der Waals surface area contributed by atoms with Gasteiger partial charge in [0.2, 0.25) is 0 Å². The van der Waals surface area contributed by atoms with Gasteiger partial charge < -0.3 is 9.64 Å². The van der Waals surface area contributed by atoms with E-state index in [4.69, 9.17) is 27.9 Å². The third-order valence-electron chi connectivity index (χ3n) is 4.66. The van der Waals surface area contributed by atoms with E-state index in [0.29, 0.717) is 22.3 Å². The zero-order chi connectivity index (χ0) is 20.5. The largest absolute Gasteiger partial charge is 0.449 e. The Hall–Kier alpha value is -1.75. The summed E-state index contributed by atoms with van der Waals surface area (Å²) in [5, 5.41) is 4.16. The first-order chi connectivity index (χ1) is 13.1. The summed E-state index contributed by atoms with van der Waals surface area (Å²) in [7, 11) is 2.08. The van der Waals surface area contributed by atoms with Gasteiger partial charge in [-0.1, -0.05) is 56.1 Å². The number of ether oxygens (including phenoxy) is 1. The van der Waals surface area contributed by atoms with Crippen molar-refractivity contribution < 1.29 is 9.53 Å². The number of halogens is 2. The first-order valence-electron chi connectivity index (χ1n) is 9.32. The van der Waals surface area contributed by atoms with Crippen molar-refractivity contribution in [2.75, 3.05) is 25.5 Å². The van der Waals surface area contributed by atoms with Crippen molar-refractivity contribution in [3.05, 3.63) is 63.1 Å².